The number of hydrogen-bond acceptors (Lipinski definition) is 6. The highest BCUT2D eigenvalue weighted by molar-refractivity contribution is 8.14. The molecule has 0 spiro atoms. The van der Waals surface area contributed by atoms with Gasteiger partial charge in [0.15, 0.2) is 5.54 Å². The molecule has 0 aliphatic carbocycles. The topological polar surface area (TPSA) is 79.1 Å². The van der Waals surface area contributed by atoms with Gasteiger partial charge in [-0.1, -0.05) is 0 Å². The third-order valence-electron chi connectivity index (χ3n) is 2.83. The van der Waals surface area contributed by atoms with Gasteiger partial charge in [-0.3, -0.25) is 4.99 Å². The molecule has 0 aromatic heterocycles. The van der Waals surface area contributed by atoms with Gasteiger partial charge in [0.1, 0.15) is 16.5 Å². The van der Waals surface area contributed by atoms with Gasteiger partial charge in [-0.25, -0.2) is 4.79 Å². The lowest BCUT2D eigenvalue weighted by molar-refractivity contribution is -0.152. The van der Waals surface area contributed by atoms with Crippen molar-refractivity contribution in [1.29, 1.82) is 0 Å². The number of rotatable bonds is 3. The van der Waals surface area contributed by atoms with E-state index in [2.05, 4.69) is 4.99 Å². The minimum absolute atomic E-state index is 0.0236. The van der Waals surface area contributed by atoms with E-state index in [9.17, 15) is 15.0 Å². The van der Waals surface area contributed by atoms with Crippen molar-refractivity contribution in [3.63, 3.8) is 0 Å². The molecule has 5 nitrogen and oxygen atoms in total. The summed E-state index contributed by atoms with van der Waals surface area (Å²) in [6, 6.07) is 4.22. The van der Waals surface area contributed by atoms with Gasteiger partial charge in [-0.2, -0.15) is 0 Å². The monoisotopic (exact) mass is 295 g/mol. The Kier molecular flexibility index (Phi) is 3.94. The first-order valence-corrected chi connectivity index (χ1v) is 7.26. The quantitative estimate of drug-likeness (QED) is 0.661. The lowest BCUT2D eigenvalue weighted by Crippen LogP contribution is -2.37. The molecule has 2 rings (SSSR count). The third kappa shape index (κ3) is 2.90. The first-order valence-electron chi connectivity index (χ1n) is 6.28. The number of hydrogen-bond donors (Lipinski definition) is 2. The Labute approximate surface area is 121 Å². The Morgan fingerprint density at radius 1 is 1.45 bits per heavy atom. The SMILES string of the molecule is CC(C)OC(=O)C1(C)CSC(c2cc(O)ccc2O)=N1. The summed E-state index contributed by atoms with van der Waals surface area (Å²) in [5.41, 5.74) is -0.529. The standard InChI is InChI=1S/C14H17NO4S/c1-8(2)19-13(18)14(3)7-20-12(15-14)10-6-9(16)4-5-11(10)17/h4-6,8,16-17H,7H2,1-3H3. The largest absolute Gasteiger partial charge is 0.508 e. The van der Waals surface area contributed by atoms with Crippen molar-refractivity contribution in [2.45, 2.75) is 32.4 Å². The van der Waals surface area contributed by atoms with Gasteiger partial charge in [-0.05, 0) is 39.0 Å². The lowest BCUT2D eigenvalue weighted by Gasteiger charge is -2.19. The van der Waals surface area contributed by atoms with Crippen LogP contribution in [0.5, 0.6) is 11.5 Å². The summed E-state index contributed by atoms with van der Waals surface area (Å²) >= 11 is 1.36. The first-order chi connectivity index (χ1) is 9.32. The Morgan fingerprint density at radius 3 is 2.80 bits per heavy atom. The number of carbonyl (C=O) groups excluding carboxylic acids is 1. The van der Waals surface area contributed by atoms with Crippen molar-refractivity contribution in [3.8, 4) is 11.5 Å². The predicted octanol–water partition coefficient (Wildman–Crippen LogP) is 2.30. The van der Waals surface area contributed by atoms with Crippen molar-refractivity contribution in [2.24, 2.45) is 4.99 Å². The highest BCUT2D eigenvalue weighted by Crippen LogP contribution is 2.36. The second-order valence-corrected chi connectivity index (χ2v) is 6.10. The number of benzene rings is 1. The minimum atomic E-state index is -0.956. The summed E-state index contributed by atoms with van der Waals surface area (Å²) in [6.07, 6.45) is -0.197. The third-order valence-corrected chi connectivity index (χ3v) is 4.12. The summed E-state index contributed by atoms with van der Waals surface area (Å²) < 4.78 is 5.20. The number of thioether (sulfide) groups is 1. The fourth-order valence-electron chi connectivity index (χ4n) is 1.78. The van der Waals surface area contributed by atoms with Gasteiger partial charge < -0.3 is 14.9 Å². The molecule has 1 aliphatic rings. The molecule has 0 saturated heterocycles. The van der Waals surface area contributed by atoms with Crippen molar-refractivity contribution in [2.75, 3.05) is 5.75 Å². The lowest BCUT2D eigenvalue weighted by atomic mass is 10.1. The second kappa shape index (κ2) is 5.36. The van der Waals surface area contributed by atoms with Gasteiger partial charge in [0.2, 0.25) is 0 Å². The molecule has 1 aromatic carbocycles. The van der Waals surface area contributed by atoms with Gasteiger partial charge in [0.05, 0.1) is 11.7 Å². The first kappa shape index (κ1) is 14.7. The van der Waals surface area contributed by atoms with Crippen LogP contribution in [0.4, 0.5) is 0 Å². The maximum absolute atomic E-state index is 12.1. The van der Waals surface area contributed by atoms with Crippen LogP contribution in [0.2, 0.25) is 0 Å². The predicted molar refractivity (Wildman–Crippen MR) is 78.4 cm³/mol. The Morgan fingerprint density at radius 2 is 2.15 bits per heavy atom. The maximum Gasteiger partial charge on any atom is 0.334 e. The molecule has 108 valence electrons. The van der Waals surface area contributed by atoms with Crippen LogP contribution in [-0.2, 0) is 9.53 Å². The molecule has 20 heavy (non-hydrogen) atoms. The summed E-state index contributed by atoms with van der Waals surface area (Å²) in [4.78, 5) is 16.4. The minimum Gasteiger partial charge on any atom is -0.508 e. The van der Waals surface area contributed by atoms with Crippen molar-refractivity contribution in [3.05, 3.63) is 23.8 Å². The summed E-state index contributed by atoms with van der Waals surface area (Å²) in [6.45, 7) is 5.28. The normalized spacial score (nSPS) is 21.9. The number of aromatic hydroxyl groups is 2. The molecule has 0 fully saturated rings. The molecule has 2 N–H and O–H groups in total. The van der Waals surface area contributed by atoms with Crippen LogP contribution in [0.3, 0.4) is 0 Å². The van der Waals surface area contributed by atoms with E-state index in [1.807, 2.05) is 0 Å². The van der Waals surface area contributed by atoms with Gasteiger partial charge in [0.25, 0.3) is 0 Å². The molecule has 1 atom stereocenters. The number of carbonyl (C=O) groups is 1. The van der Waals surface area contributed by atoms with E-state index in [4.69, 9.17) is 4.74 Å². The van der Waals surface area contributed by atoms with E-state index in [0.717, 1.165) is 0 Å². The molecule has 0 bridgehead atoms. The Bertz CT molecular complexity index is 570. The van der Waals surface area contributed by atoms with E-state index >= 15 is 0 Å². The highest BCUT2D eigenvalue weighted by atomic mass is 32.2. The van der Waals surface area contributed by atoms with Crippen LogP contribution in [0.15, 0.2) is 23.2 Å². The van der Waals surface area contributed by atoms with Crippen LogP contribution in [0.25, 0.3) is 0 Å². The molecule has 0 saturated carbocycles. The van der Waals surface area contributed by atoms with Crippen molar-refractivity contribution < 1.29 is 19.7 Å². The van der Waals surface area contributed by atoms with Crippen molar-refractivity contribution in [1.82, 2.24) is 0 Å². The average molecular weight is 295 g/mol. The number of phenols is 2. The highest BCUT2D eigenvalue weighted by Gasteiger charge is 2.40. The van der Waals surface area contributed by atoms with Crippen LogP contribution in [-0.4, -0.2) is 38.6 Å². The molecule has 0 amide bonds. The van der Waals surface area contributed by atoms with E-state index in [1.165, 1.54) is 30.0 Å². The van der Waals surface area contributed by atoms with Crippen LogP contribution >= 0.6 is 11.8 Å². The van der Waals surface area contributed by atoms with E-state index in [1.54, 1.807) is 20.8 Å². The van der Waals surface area contributed by atoms with Crippen LogP contribution in [0.1, 0.15) is 26.3 Å². The molecule has 1 unspecified atom stereocenters. The average Bonchev–Trinajstić information content (AvgIpc) is 2.75. The molecular formula is C14H17NO4S. The summed E-state index contributed by atoms with van der Waals surface area (Å²) in [7, 11) is 0. The molecule has 1 aromatic rings. The smallest absolute Gasteiger partial charge is 0.334 e. The zero-order chi connectivity index (χ0) is 14.9. The molecule has 6 heteroatoms. The molecule has 1 aliphatic heterocycles. The maximum atomic E-state index is 12.1. The zero-order valence-electron chi connectivity index (χ0n) is 11.6. The number of phenolic OH excluding ortho intramolecular Hbond substituents is 2. The van der Waals surface area contributed by atoms with E-state index in [-0.39, 0.29) is 23.6 Å². The molecule has 0 radical (unpaired) electrons. The Hall–Kier alpha value is -1.69. The summed E-state index contributed by atoms with van der Waals surface area (Å²) in [5.74, 6) is 0.132. The van der Waals surface area contributed by atoms with Crippen molar-refractivity contribution >= 4 is 22.8 Å². The fourth-order valence-corrected chi connectivity index (χ4v) is 2.96. The van der Waals surface area contributed by atoms with Gasteiger partial charge >= 0.3 is 5.97 Å². The van der Waals surface area contributed by atoms with E-state index < -0.39 is 5.54 Å². The Balaban J connectivity index is 2.30. The number of ether oxygens (including phenoxy) is 1. The fraction of sp³-hybridized carbons (Fsp3) is 0.429. The van der Waals surface area contributed by atoms with E-state index in [0.29, 0.717) is 16.4 Å². The second-order valence-electron chi connectivity index (χ2n) is 5.14. The number of aliphatic imine (C=N–C) groups is 1. The van der Waals surface area contributed by atoms with Gasteiger partial charge in [-0.15, -0.1) is 11.8 Å². The van der Waals surface area contributed by atoms with Gasteiger partial charge in [0, 0.05) is 5.75 Å². The number of esters is 1. The molecular weight excluding hydrogens is 278 g/mol. The zero-order valence-corrected chi connectivity index (χ0v) is 12.4. The van der Waals surface area contributed by atoms with Crippen LogP contribution in [0, 0.1) is 0 Å². The van der Waals surface area contributed by atoms with Crippen LogP contribution < -0.4 is 0 Å². The molecule has 1 heterocycles. The number of nitrogens with zero attached hydrogens (tertiary/aromatic N) is 1. The summed E-state index contributed by atoms with van der Waals surface area (Å²) in [5, 5.41) is 19.8.